The zero-order chi connectivity index (χ0) is 16.6. The van der Waals surface area contributed by atoms with Gasteiger partial charge in [0.15, 0.2) is 0 Å². The van der Waals surface area contributed by atoms with Crippen molar-refractivity contribution >= 4 is 11.9 Å². The number of aryl methyl sites for hydroxylation is 2. The molecule has 23 heavy (non-hydrogen) atoms. The van der Waals surface area contributed by atoms with Gasteiger partial charge in [-0.1, -0.05) is 0 Å². The van der Waals surface area contributed by atoms with Crippen LogP contribution in [0.3, 0.4) is 0 Å². The van der Waals surface area contributed by atoms with Crippen LogP contribution in [0.5, 0.6) is 0 Å². The van der Waals surface area contributed by atoms with Crippen molar-refractivity contribution in [1.29, 1.82) is 0 Å². The summed E-state index contributed by atoms with van der Waals surface area (Å²) in [5, 5.41) is 7.69. The van der Waals surface area contributed by atoms with Gasteiger partial charge in [0, 0.05) is 57.0 Å². The SMILES string of the molecule is Cc1nn(C)c(C)c1-c1ccnc(NC[C@@H]2CC(=O)N(C)C2)n1. The standard InChI is InChI=1S/C16H22N6O/c1-10-15(11(2)22(4)20-10)13-5-6-17-16(19-13)18-8-12-7-14(23)21(3)9-12/h5-6,12H,7-9H2,1-4H3,(H,17,18,19)/t12-/m0/s1. The molecule has 1 amide bonds. The Morgan fingerprint density at radius 2 is 2.13 bits per heavy atom. The second kappa shape index (κ2) is 5.98. The largest absolute Gasteiger partial charge is 0.354 e. The Bertz CT molecular complexity index is 738. The highest BCUT2D eigenvalue weighted by atomic mass is 16.2. The van der Waals surface area contributed by atoms with E-state index < -0.39 is 0 Å². The summed E-state index contributed by atoms with van der Waals surface area (Å²) in [6, 6.07) is 1.90. The van der Waals surface area contributed by atoms with E-state index in [1.165, 1.54) is 0 Å². The first-order valence-corrected chi connectivity index (χ1v) is 7.77. The lowest BCUT2D eigenvalue weighted by Gasteiger charge is -2.11. The monoisotopic (exact) mass is 314 g/mol. The van der Waals surface area contributed by atoms with Gasteiger partial charge < -0.3 is 10.2 Å². The van der Waals surface area contributed by atoms with Gasteiger partial charge in [0.05, 0.1) is 11.4 Å². The predicted molar refractivity (Wildman–Crippen MR) is 87.9 cm³/mol. The molecule has 7 nitrogen and oxygen atoms in total. The first-order valence-electron chi connectivity index (χ1n) is 7.77. The number of rotatable bonds is 4. The Morgan fingerprint density at radius 1 is 1.35 bits per heavy atom. The Kier molecular flexibility index (Phi) is 4.02. The fourth-order valence-electron chi connectivity index (χ4n) is 3.06. The predicted octanol–water partition coefficient (Wildman–Crippen LogP) is 1.38. The number of likely N-dealkylation sites (tertiary alicyclic amines) is 1. The highest BCUT2D eigenvalue weighted by molar-refractivity contribution is 5.78. The molecule has 0 aromatic carbocycles. The van der Waals surface area contributed by atoms with Crippen molar-refractivity contribution in [1.82, 2.24) is 24.6 Å². The van der Waals surface area contributed by atoms with Crippen molar-refractivity contribution in [2.75, 3.05) is 25.5 Å². The third-order valence-corrected chi connectivity index (χ3v) is 4.39. The Labute approximate surface area is 135 Å². The normalized spacial score (nSPS) is 17.8. The minimum absolute atomic E-state index is 0.202. The lowest BCUT2D eigenvalue weighted by atomic mass is 10.1. The number of amides is 1. The average molecular weight is 314 g/mol. The van der Waals surface area contributed by atoms with E-state index in [-0.39, 0.29) is 5.91 Å². The highest BCUT2D eigenvalue weighted by Gasteiger charge is 2.26. The molecule has 0 unspecified atom stereocenters. The maximum absolute atomic E-state index is 11.6. The van der Waals surface area contributed by atoms with Gasteiger partial charge in [-0.2, -0.15) is 5.10 Å². The lowest BCUT2D eigenvalue weighted by Crippen LogP contribution is -2.21. The summed E-state index contributed by atoms with van der Waals surface area (Å²) in [7, 11) is 3.77. The van der Waals surface area contributed by atoms with E-state index in [0.717, 1.165) is 29.2 Å². The molecule has 2 aromatic rings. The molecule has 1 aliphatic rings. The van der Waals surface area contributed by atoms with Crippen LogP contribution in [-0.2, 0) is 11.8 Å². The molecule has 0 radical (unpaired) electrons. The highest BCUT2D eigenvalue weighted by Crippen LogP contribution is 2.25. The van der Waals surface area contributed by atoms with Crippen LogP contribution in [0.2, 0.25) is 0 Å². The molecule has 1 fully saturated rings. The van der Waals surface area contributed by atoms with E-state index in [1.807, 2.05) is 38.7 Å². The number of carbonyl (C=O) groups is 1. The molecule has 7 heteroatoms. The summed E-state index contributed by atoms with van der Waals surface area (Å²) in [4.78, 5) is 22.2. The first kappa shape index (κ1) is 15.5. The smallest absolute Gasteiger partial charge is 0.223 e. The van der Waals surface area contributed by atoms with Crippen molar-refractivity contribution in [2.45, 2.75) is 20.3 Å². The minimum atomic E-state index is 0.202. The van der Waals surface area contributed by atoms with Gasteiger partial charge in [0.25, 0.3) is 0 Å². The van der Waals surface area contributed by atoms with Crippen molar-refractivity contribution in [3.8, 4) is 11.3 Å². The van der Waals surface area contributed by atoms with Gasteiger partial charge in [-0.3, -0.25) is 9.48 Å². The maximum atomic E-state index is 11.6. The molecule has 3 rings (SSSR count). The average Bonchev–Trinajstić information content (AvgIpc) is 2.96. The topological polar surface area (TPSA) is 75.9 Å². The molecule has 0 aliphatic carbocycles. The van der Waals surface area contributed by atoms with Crippen molar-refractivity contribution < 1.29 is 4.79 Å². The Morgan fingerprint density at radius 3 is 2.74 bits per heavy atom. The first-order chi connectivity index (χ1) is 11.0. The number of hydrogen-bond donors (Lipinski definition) is 1. The van der Waals surface area contributed by atoms with Gasteiger partial charge in [-0.25, -0.2) is 9.97 Å². The zero-order valence-electron chi connectivity index (χ0n) is 14.0. The van der Waals surface area contributed by atoms with E-state index in [4.69, 9.17) is 0 Å². The second-order valence-electron chi connectivity index (χ2n) is 6.16. The van der Waals surface area contributed by atoms with Gasteiger partial charge in [-0.15, -0.1) is 0 Å². The van der Waals surface area contributed by atoms with Crippen LogP contribution in [0.1, 0.15) is 17.8 Å². The maximum Gasteiger partial charge on any atom is 0.223 e. The van der Waals surface area contributed by atoms with Crippen LogP contribution in [0.4, 0.5) is 5.95 Å². The van der Waals surface area contributed by atoms with Crippen molar-refractivity contribution in [3.63, 3.8) is 0 Å². The number of aromatic nitrogens is 4. The molecule has 122 valence electrons. The van der Waals surface area contributed by atoms with Crippen molar-refractivity contribution in [2.24, 2.45) is 13.0 Å². The summed E-state index contributed by atoms with van der Waals surface area (Å²) in [5.74, 6) is 1.10. The van der Waals surface area contributed by atoms with Gasteiger partial charge >= 0.3 is 0 Å². The summed E-state index contributed by atoms with van der Waals surface area (Å²) < 4.78 is 1.86. The Hall–Kier alpha value is -2.44. The molecule has 1 saturated heterocycles. The van der Waals surface area contributed by atoms with E-state index in [0.29, 0.717) is 24.8 Å². The van der Waals surface area contributed by atoms with Gasteiger partial charge in [-0.05, 0) is 19.9 Å². The van der Waals surface area contributed by atoms with Crippen LogP contribution < -0.4 is 5.32 Å². The number of anilines is 1. The third-order valence-electron chi connectivity index (χ3n) is 4.39. The fraction of sp³-hybridized carbons (Fsp3) is 0.500. The van der Waals surface area contributed by atoms with E-state index in [9.17, 15) is 4.79 Å². The minimum Gasteiger partial charge on any atom is -0.354 e. The summed E-state index contributed by atoms with van der Waals surface area (Å²) in [6.07, 6.45) is 2.34. The van der Waals surface area contributed by atoms with Crippen LogP contribution in [0.15, 0.2) is 12.3 Å². The lowest BCUT2D eigenvalue weighted by molar-refractivity contribution is -0.126. The van der Waals surface area contributed by atoms with Crippen LogP contribution in [0, 0.1) is 19.8 Å². The molecule has 0 spiro atoms. The summed E-state index contributed by atoms with van der Waals surface area (Å²) in [6.45, 7) is 5.50. The number of nitrogens with one attached hydrogen (secondary N) is 1. The number of hydrogen-bond acceptors (Lipinski definition) is 5. The van der Waals surface area contributed by atoms with Gasteiger partial charge in [0.2, 0.25) is 11.9 Å². The third kappa shape index (κ3) is 3.04. The zero-order valence-corrected chi connectivity index (χ0v) is 14.0. The number of nitrogens with zero attached hydrogens (tertiary/aromatic N) is 5. The molecule has 3 heterocycles. The van der Waals surface area contributed by atoms with E-state index >= 15 is 0 Å². The van der Waals surface area contributed by atoms with Gasteiger partial charge in [0.1, 0.15) is 0 Å². The quantitative estimate of drug-likeness (QED) is 0.923. The molecular weight excluding hydrogens is 292 g/mol. The molecular formula is C16H22N6O. The Balaban J connectivity index is 1.74. The molecule has 2 aromatic heterocycles. The van der Waals surface area contributed by atoms with Crippen LogP contribution in [0.25, 0.3) is 11.3 Å². The molecule has 0 saturated carbocycles. The summed E-state index contributed by atoms with van der Waals surface area (Å²) in [5.41, 5.74) is 3.95. The number of carbonyl (C=O) groups excluding carboxylic acids is 1. The van der Waals surface area contributed by atoms with E-state index in [2.05, 4.69) is 20.4 Å². The molecule has 1 aliphatic heterocycles. The second-order valence-corrected chi connectivity index (χ2v) is 6.16. The van der Waals surface area contributed by atoms with Crippen LogP contribution >= 0.6 is 0 Å². The molecule has 0 bridgehead atoms. The summed E-state index contributed by atoms with van der Waals surface area (Å²) >= 11 is 0. The molecule has 1 atom stereocenters. The molecule has 1 N–H and O–H groups in total. The van der Waals surface area contributed by atoms with E-state index in [1.54, 1.807) is 11.1 Å². The fourth-order valence-corrected chi connectivity index (χ4v) is 3.06. The van der Waals surface area contributed by atoms with Crippen molar-refractivity contribution in [3.05, 3.63) is 23.7 Å². The van der Waals surface area contributed by atoms with Crippen LogP contribution in [-0.4, -0.2) is 50.7 Å².